The van der Waals surface area contributed by atoms with Crippen LogP contribution >= 0.6 is 11.6 Å². The highest BCUT2D eigenvalue weighted by Crippen LogP contribution is 2.39. The molecule has 0 spiro atoms. The van der Waals surface area contributed by atoms with Gasteiger partial charge in [0.2, 0.25) is 0 Å². The van der Waals surface area contributed by atoms with Gasteiger partial charge in [0.15, 0.2) is 5.60 Å². The molecule has 1 fully saturated rings. The minimum atomic E-state index is -1.42. The Morgan fingerprint density at radius 1 is 1.62 bits per heavy atom. The van der Waals surface area contributed by atoms with Gasteiger partial charge in [-0.2, -0.15) is 0 Å². The second kappa shape index (κ2) is 4.86. The maximum absolute atomic E-state index is 10.1. The highest BCUT2D eigenvalue weighted by Gasteiger charge is 2.47. The minimum Gasteiger partial charge on any atom is -0.392 e. The standard InChI is InChI=1S/C13H13ClN4O3/c1-2-13(5-19)8(20)3-9(21-13)18-4-7(14)10-11(15)16-6-17-12(10)18/h1,4,6,8-9,19-20H,3,5H2,(H2,15,16,17). The summed E-state index contributed by atoms with van der Waals surface area (Å²) in [6, 6.07) is 0. The first kappa shape index (κ1) is 14.1. The average molecular weight is 309 g/mol. The third kappa shape index (κ3) is 1.96. The summed E-state index contributed by atoms with van der Waals surface area (Å²) in [6.45, 7) is -0.481. The van der Waals surface area contributed by atoms with Gasteiger partial charge in [-0.05, 0) is 0 Å². The molecule has 3 rings (SSSR count). The van der Waals surface area contributed by atoms with E-state index in [2.05, 4.69) is 15.9 Å². The molecular formula is C13H13ClN4O3. The smallest absolute Gasteiger partial charge is 0.179 e. The zero-order valence-electron chi connectivity index (χ0n) is 10.9. The number of rotatable bonds is 2. The molecule has 3 heterocycles. The lowest BCUT2D eigenvalue weighted by Crippen LogP contribution is -2.41. The van der Waals surface area contributed by atoms with Crippen LogP contribution in [0.15, 0.2) is 12.5 Å². The van der Waals surface area contributed by atoms with Gasteiger partial charge in [-0.1, -0.05) is 17.5 Å². The summed E-state index contributed by atoms with van der Waals surface area (Å²) in [5.74, 6) is 2.57. The molecule has 1 aliphatic rings. The van der Waals surface area contributed by atoms with Gasteiger partial charge in [0.1, 0.15) is 30.1 Å². The number of hydrogen-bond donors (Lipinski definition) is 3. The maximum Gasteiger partial charge on any atom is 0.179 e. The fraction of sp³-hybridized carbons (Fsp3) is 0.385. The summed E-state index contributed by atoms with van der Waals surface area (Å²) in [4.78, 5) is 8.03. The topological polar surface area (TPSA) is 106 Å². The number of nitrogens with two attached hydrogens (primary N) is 1. The van der Waals surface area contributed by atoms with Crippen LogP contribution < -0.4 is 5.73 Å². The predicted octanol–water partition coefficient (Wildman–Crippen LogP) is 0.311. The molecule has 4 N–H and O–H groups in total. The van der Waals surface area contributed by atoms with Gasteiger partial charge in [-0.3, -0.25) is 0 Å². The number of anilines is 1. The molecule has 0 aromatic carbocycles. The van der Waals surface area contributed by atoms with Gasteiger partial charge < -0.3 is 25.3 Å². The van der Waals surface area contributed by atoms with Crippen molar-refractivity contribution in [3.05, 3.63) is 17.5 Å². The molecule has 7 nitrogen and oxygen atoms in total. The van der Waals surface area contributed by atoms with E-state index in [1.54, 1.807) is 10.8 Å². The number of fused-ring (bicyclic) bond motifs is 1. The number of aliphatic hydroxyl groups is 2. The van der Waals surface area contributed by atoms with Crippen LogP contribution in [0.5, 0.6) is 0 Å². The zero-order chi connectivity index (χ0) is 15.2. The summed E-state index contributed by atoms with van der Waals surface area (Å²) >= 11 is 6.15. The monoisotopic (exact) mass is 308 g/mol. The molecule has 21 heavy (non-hydrogen) atoms. The van der Waals surface area contributed by atoms with E-state index in [0.717, 1.165) is 0 Å². The van der Waals surface area contributed by atoms with Crippen molar-refractivity contribution in [3.8, 4) is 12.3 Å². The zero-order valence-corrected chi connectivity index (χ0v) is 11.7. The summed E-state index contributed by atoms with van der Waals surface area (Å²) in [6.07, 6.45) is 6.89. The van der Waals surface area contributed by atoms with Crippen molar-refractivity contribution in [1.82, 2.24) is 14.5 Å². The number of aliphatic hydroxyl groups excluding tert-OH is 2. The molecule has 2 aromatic rings. The first-order valence-corrected chi connectivity index (χ1v) is 6.61. The van der Waals surface area contributed by atoms with Crippen molar-refractivity contribution in [3.63, 3.8) is 0 Å². The van der Waals surface area contributed by atoms with Crippen LogP contribution in [0.3, 0.4) is 0 Å². The van der Waals surface area contributed by atoms with Crippen LogP contribution in [0.1, 0.15) is 12.6 Å². The second-order valence-electron chi connectivity index (χ2n) is 4.86. The van der Waals surface area contributed by atoms with Crippen molar-refractivity contribution in [2.75, 3.05) is 12.3 Å². The van der Waals surface area contributed by atoms with Gasteiger partial charge in [-0.25, -0.2) is 9.97 Å². The SMILES string of the molecule is C#CC1(CO)OC(n2cc(Cl)c3c(N)ncnc32)CC1O. The summed E-state index contributed by atoms with van der Waals surface area (Å²) < 4.78 is 7.31. The van der Waals surface area contributed by atoms with Gasteiger partial charge in [0.05, 0.1) is 17.0 Å². The highest BCUT2D eigenvalue weighted by atomic mass is 35.5. The van der Waals surface area contributed by atoms with E-state index in [4.69, 9.17) is 28.5 Å². The predicted molar refractivity (Wildman–Crippen MR) is 76.3 cm³/mol. The molecule has 8 heteroatoms. The van der Waals surface area contributed by atoms with Crippen LogP contribution in [0, 0.1) is 12.3 Å². The highest BCUT2D eigenvalue weighted by molar-refractivity contribution is 6.36. The second-order valence-corrected chi connectivity index (χ2v) is 5.26. The Bertz CT molecular complexity index is 741. The van der Waals surface area contributed by atoms with Gasteiger partial charge in [0.25, 0.3) is 0 Å². The third-order valence-electron chi connectivity index (χ3n) is 3.69. The lowest BCUT2D eigenvalue weighted by atomic mass is 9.99. The lowest BCUT2D eigenvalue weighted by molar-refractivity contribution is -0.0890. The fourth-order valence-corrected chi connectivity index (χ4v) is 2.81. The number of ether oxygens (including phenoxy) is 1. The van der Waals surface area contributed by atoms with E-state index in [9.17, 15) is 10.2 Å². The Kier molecular flexibility index (Phi) is 3.26. The molecule has 1 aliphatic heterocycles. The van der Waals surface area contributed by atoms with E-state index >= 15 is 0 Å². The van der Waals surface area contributed by atoms with Gasteiger partial charge in [-0.15, -0.1) is 6.42 Å². The molecule has 0 amide bonds. The maximum atomic E-state index is 10.1. The first-order chi connectivity index (χ1) is 10.0. The van der Waals surface area contributed by atoms with Crippen LogP contribution in [-0.2, 0) is 4.74 Å². The largest absolute Gasteiger partial charge is 0.392 e. The van der Waals surface area contributed by atoms with Crippen LogP contribution in [0.25, 0.3) is 11.0 Å². The number of nitrogens with zero attached hydrogens (tertiary/aromatic N) is 3. The Balaban J connectivity index is 2.08. The third-order valence-corrected chi connectivity index (χ3v) is 3.98. The van der Waals surface area contributed by atoms with E-state index in [-0.39, 0.29) is 12.2 Å². The molecule has 2 aromatic heterocycles. The van der Waals surface area contributed by atoms with Crippen molar-refractivity contribution in [1.29, 1.82) is 0 Å². The van der Waals surface area contributed by atoms with E-state index in [1.165, 1.54) is 6.33 Å². The molecule has 0 radical (unpaired) electrons. The number of terminal acetylenes is 1. The number of nitrogen functional groups attached to an aromatic ring is 1. The number of hydrogen-bond acceptors (Lipinski definition) is 6. The molecule has 110 valence electrons. The normalized spacial score (nSPS) is 28.9. The summed E-state index contributed by atoms with van der Waals surface area (Å²) in [5.41, 5.74) is 4.85. The van der Waals surface area contributed by atoms with Crippen molar-refractivity contribution >= 4 is 28.5 Å². The summed E-state index contributed by atoms with van der Waals surface area (Å²) in [5, 5.41) is 20.4. The molecule has 0 bridgehead atoms. The van der Waals surface area contributed by atoms with E-state index in [0.29, 0.717) is 16.1 Å². The average Bonchev–Trinajstić information content (AvgIpc) is 2.98. The Morgan fingerprint density at radius 3 is 3.00 bits per heavy atom. The van der Waals surface area contributed by atoms with Crippen LogP contribution in [0.2, 0.25) is 5.02 Å². The molecule has 0 saturated carbocycles. The molecule has 3 atom stereocenters. The van der Waals surface area contributed by atoms with Crippen LogP contribution in [-0.4, -0.2) is 43.1 Å². The number of halogens is 1. The Morgan fingerprint density at radius 2 is 2.38 bits per heavy atom. The van der Waals surface area contributed by atoms with Crippen molar-refractivity contribution in [2.45, 2.75) is 24.4 Å². The van der Waals surface area contributed by atoms with Gasteiger partial charge >= 0.3 is 0 Å². The van der Waals surface area contributed by atoms with E-state index in [1.807, 2.05) is 0 Å². The molecular weight excluding hydrogens is 296 g/mol. The van der Waals surface area contributed by atoms with Crippen molar-refractivity contribution in [2.24, 2.45) is 0 Å². The van der Waals surface area contributed by atoms with Gasteiger partial charge in [0, 0.05) is 12.6 Å². The Labute approximate surface area is 125 Å². The quantitative estimate of drug-likeness (QED) is 0.689. The molecule has 0 aliphatic carbocycles. The first-order valence-electron chi connectivity index (χ1n) is 6.23. The molecule has 3 unspecified atom stereocenters. The minimum absolute atomic E-state index is 0.203. The lowest BCUT2D eigenvalue weighted by Gasteiger charge is -2.23. The van der Waals surface area contributed by atoms with E-state index < -0.39 is 24.5 Å². The number of aromatic nitrogens is 3. The summed E-state index contributed by atoms with van der Waals surface area (Å²) in [7, 11) is 0. The van der Waals surface area contributed by atoms with Crippen molar-refractivity contribution < 1.29 is 14.9 Å². The fourth-order valence-electron chi connectivity index (χ4n) is 2.52. The Hall–Kier alpha value is -1.85. The molecule has 1 saturated heterocycles. The van der Waals surface area contributed by atoms with Crippen LogP contribution in [0.4, 0.5) is 5.82 Å².